The quantitative estimate of drug-likeness (QED) is 0.587. The van der Waals surface area contributed by atoms with E-state index < -0.39 is 11.5 Å². The second-order valence-corrected chi connectivity index (χ2v) is 4.02. The zero-order valence-corrected chi connectivity index (χ0v) is 8.97. The maximum absolute atomic E-state index is 10.8. The first kappa shape index (κ1) is 12.5. The van der Waals surface area contributed by atoms with Crippen molar-refractivity contribution in [2.75, 3.05) is 0 Å². The molecule has 0 spiro atoms. The molecule has 5 nitrogen and oxygen atoms in total. The van der Waals surface area contributed by atoms with E-state index in [1.54, 1.807) is 12.1 Å². The van der Waals surface area contributed by atoms with Crippen LogP contribution in [0.1, 0.15) is 18.1 Å². The van der Waals surface area contributed by atoms with Gasteiger partial charge in [-0.25, -0.2) is 0 Å². The first-order valence-electron chi connectivity index (χ1n) is 4.80. The largest absolute Gasteiger partial charge is 0.508 e. The van der Waals surface area contributed by atoms with Gasteiger partial charge in [0.15, 0.2) is 0 Å². The monoisotopic (exact) mass is 225 g/mol. The van der Waals surface area contributed by atoms with Gasteiger partial charge in [0.05, 0.1) is 6.61 Å². The van der Waals surface area contributed by atoms with Crippen molar-refractivity contribution in [2.24, 2.45) is 5.73 Å². The van der Waals surface area contributed by atoms with Gasteiger partial charge in [0.2, 0.25) is 0 Å². The average molecular weight is 225 g/mol. The maximum Gasteiger partial charge on any atom is 0.323 e. The number of aliphatic hydroxyl groups is 1. The number of phenols is 1. The number of hydrogen-bond donors (Lipinski definition) is 4. The molecule has 0 aliphatic carbocycles. The minimum absolute atomic E-state index is 0.0136. The van der Waals surface area contributed by atoms with Crippen molar-refractivity contribution < 1.29 is 20.1 Å². The Balaban J connectivity index is 2.94. The molecule has 1 rings (SSSR count). The van der Waals surface area contributed by atoms with Crippen LogP contribution < -0.4 is 5.73 Å². The number of aromatic hydroxyl groups is 1. The van der Waals surface area contributed by atoms with Crippen LogP contribution in [0.15, 0.2) is 18.2 Å². The van der Waals surface area contributed by atoms with Gasteiger partial charge < -0.3 is 21.1 Å². The van der Waals surface area contributed by atoms with E-state index in [0.29, 0.717) is 11.1 Å². The van der Waals surface area contributed by atoms with E-state index in [4.69, 9.17) is 15.9 Å². The van der Waals surface area contributed by atoms with Crippen LogP contribution in [0.4, 0.5) is 0 Å². The predicted molar refractivity (Wildman–Crippen MR) is 58.0 cm³/mol. The van der Waals surface area contributed by atoms with Crippen LogP contribution in [0.5, 0.6) is 5.75 Å². The van der Waals surface area contributed by atoms with Crippen LogP contribution >= 0.6 is 0 Å². The van der Waals surface area contributed by atoms with E-state index >= 15 is 0 Å². The van der Waals surface area contributed by atoms with Crippen LogP contribution in [0.25, 0.3) is 0 Å². The van der Waals surface area contributed by atoms with E-state index in [9.17, 15) is 9.90 Å². The smallest absolute Gasteiger partial charge is 0.323 e. The highest BCUT2D eigenvalue weighted by atomic mass is 16.4. The molecule has 0 radical (unpaired) electrons. The number of benzene rings is 1. The van der Waals surface area contributed by atoms with Gasteiger partial charge in [0.1, 0.15) is 11.3 Å². The molecule has 16 heavy (non-hydrogen) atoms. The molecule has 0 saturated carbocycles. The molecule has 0 fully saturated rings. The highest BCUT2D eigenvalue weighted by Crippen LogP contribution is 2.20. The summed E-state index contributed by atoms with van der Waals surface area (Å²) in [5.41, 5.74) is 5.26. The summed E-state index contributed by atoms with van der Waals surface area (Å²) in [7, 11) is 0. The molecule has 0 heterocycles. The second kappa shape index (κ2) is 4.51. The molecular weight excluding hydrogens is 210 g/mol. The third-order valence-electron chi connectivity index (χ3n) is 2.37. The van der Waals surface area contributed by atoms with E-state index in [1.165, 1.54) is 13.0 Å². The highest BCUT2D eigenvalue weighted by molar-refractivity contribution is 5.78. The van der Waals surface area contributed by atoms with Crippen LogP contribution in [-0.4, -0.2) is 26.8 Å². The van der Waals surface area contributed by atoms with Crippen molar-refractivity contribution in [1.29, 1.82) is 0 Å². The number of carbonyl (C=O) groups is 1. The lowest BCUT2D eigenvalue weighted by Gasteiger charge is -2.19. The standard InChI is InChI=1S/C11H15NO4/c1-11(12,10(15)16)5-7-2-3-9(14)8(4-7)6-13/h2-4,13-14H,5-6,12H2,1H3,(H,15,16). The molecular formula is C11H15NO4. The number of hydrogen-bond acceptors (Lipinski definition) is 4. The molecule has 1 atom stereocenters. The summed E-state index contributed by atoms with van der Waals surface area (Å²) in [5.74, 6) is -1.11. The minimum Gasteiger partial charge on any atom is -0.508 e. The fourth-order valence-electron chi connectivity index (χ4n) is 1.38. The third-order valence-corrected chi connectivity index (χ3v) is 2.37. The summed E-state index contributed by atoms with van der Waals surface area (Å²) in [6.45, 7) is 1.12. The highest BCUT2D eigenvalue weighted by Gasteiger charge is 2.28. The number of aliphatic carboxylic acids is 1. The lowest BCUT2D eigenvalue weighted by molar-refractivity contribution is -0.142. The van der Waals surface area contributed by atoms with Gasteiger partial charge in [-0.2, -0.15) is 0 Å². The van der Waals surface area contributed by atoms with Crippen molar-refractivity contribution in [3.8, 4) is 5.75 Å². The lowest BCUT2D eigenvalue weighted by atomic mass is 9.93. The Hall–Kier alpha value is -1.59. The van der Waals surface area contributed by atoms with Gasteiger partial charge in [0.25, 0.3) is 0 Å². The van der Waals surface area contributed by atoms with E-state index in [-0.39, 0.29) is 18.8 Å². The van der Waals surface area contributed by atoms with Crippen LogP contribution in [0, 0.1) is 0 Å². The van der Waals surface area contributed by atoms with Crippen molar-refractivity contribution in [3.63, 3.8) is 0 Å². The van der Waals surface area contributed by atoms with Crippen LogP contribution in [0.3, 0.4) is 0 Å². The maximum atomic E-state index is 10.8. The molecule has 5 heteroatoms. The van der Waals surface area contributed by atoms with Crippen molar-refractivity contribution in [1.82, 2.24) is 0 Å². The topological polar surface area (TPSA) is 104 Å². The fourth-order valence-corrected chi connectivity index (χ4v) is 1.38. The van der Waals surface area contributed by atoms with Crippen LogP contribution in [-0.2, 0) is 17.8 Å². The van der Waals surface area contributed by atoms with Gasteiger partial charge in [-0.15, -0.1) is 0 Å². The first-order valence-corrected chi connectivity index (χ1v) is 4.80. The molecule has 0 aromatic heterocycles. The van der Waals surface area contributed by atoms with Crippen molar-refractivity contribution in [3.05, 3.63) is 29.3 Å². The van der Waals surface area contributed by atoms with Crippen molar-refractivity contribution >= 4 is 5.97 Å². The number of rotatable bonds is 4. The molecule has 1 aromatic carbocycles. The molecule has 0 aliphatic heterocycles. The second-order valence-electron chi connectivity index (χ2n) is 4.02. The summed E-state index contributed by atoms with van der Waals surface area (Å²) in [4.78, 5) is 10.8. The first-order chi connectivity index (χ1) is 7.36. The summed E-state index contributed by atoms with van der Waals surface area (Å²) < 4.78 is 0. The van der Waals surface area contributed by atoms with Crippen LogP contribution in [0.2, 0.25) is 0 Å². The summed E-state index contributed by atoms with van der Waals surface area (Å²) >= 11 is 0. The van der Waals surface area contributed by atoms with Gasteiger partial charge in [-0.1, -0.05) is 6.07 Å². The van der Waals surface area contributed by atoms with Gasteiger partial charge >= 0.3 is 5.97 Å². The number of aliphatic hydroxyl groups excluding tert-OH is 1. The number of carboxylic acid groups (broad SMARTS) is 1. The molecule has 88 valence electrons. The Morgan fingerprint density at radius 1 is 1.50 bits per heavy atom. The minimum atomic E-state index is -1.36. The number of carboxylic acids is 1. The van der Waals surface area contributed by atoms with E-state index in [2.05, 4.69) is 0 Å². The van der Waals surface area contributed by atoms with E-state index in [1.807, 2.05) is 0 Å². The molecule has 0 aliphatic rings. The Bertz CT molecular complexity index is 401. The zero-order valence-electron chi connectivity index (χ0n) is 8.97. The Labute approximate surface area is 93.1 Å². The zero-order chi connectivity index (χ0) is 12.3. The van der Waals surface area contributed by atoms with Gasteiger partial charge in [0, 0.05) is 12.0 Å². The predicted octanol–water partition coefficient (Wildman–Crippen LogP) is 0.229. The van der Waals surface area contributed by atoms with Crippen molar-refractivity contribution in [2.45, 2.75) is 25.5 Å². The SMILES string of the molecule is CC(N)(Cc1ccc(O)c(CO)c1)C(=O)O. The normalized spacial score (nSPS) is 14.4. The molecule has 0 amide bonds. The Morgan fingerprint density at radius 3 is 2.62 bits per heavy atom. The molecule has 5 N–H and O–H groups in total. The lowest BCUT2D eigenvalue weighted by Crippen LogP contribution is -2.46. The Kier molecular flexibility index (Phi) is 3.51. The average Bonchev–Trinajstić information content (AvgIpc) is 2.20. The molecule has 1 aromatic rings. The summed E-state index contributed by atoms with van der Waals surface area (Å²) in [6.07, 6.45) is 0.135. The van der Waals surface area contributed by atoms with Gasteiger partial charge in [-0.05, 0) is 24.6 Å². The molecule has 0 saturated heterocycles. The van der Waals surface area contributed by atoms with E-state index in [0.717, 1.165) is 0 Å². The third kappa shape index (κ3) is 2.71. The fraction of sp³-hybridized carbons (Fsp3) is 0.364. The summed E-state index contributed by atoms with van der Waals surface area (Å²) in [6, 6.07) is 4.55. The van der Waals surface area contributed by atoms with Gasteiger partial charge in [-0.3, -0.25) is 4.79 Å². The Morgan fingerprint density at radius 2 is 2.12 bits per heavy atom. The number of nitrogens with two attached hydrogens (primary N) is 1. The summed E-state index contributed by atoms with van der Waals surface area (Å²) in [5, 5.41) is 27.1. The molecule has 1 unspecified atom stereocenters. The molecule has 0 bridgehead atoms.